The summed E-state index contributed by atoms with van der Waals surface area (Å²) in [5.74, 6) is -1.47. The summed E-state index contributed by atoms with van der Waals surface area (Å²) in [6.45, 7) is 0.331. The molecule has 120 valence electrons. The average Bonchev–Trinajstić information content (AvgIpc) is 2.86. The lowest BCUT2D eigenvalue weighted by Crippen LogP contribution is -2.33. The number of rotatable bonds is 5. The predicted octanol–water partition coefficient (Wildman–Crippen LogP) is 2.25. The zero-order chi connectivity index (χ0) is 15.5. The van der Waals surface area contributed by atoms with E-state index in [0.717, 1.165) is 6.42 Å². The van der Waals surface area contributed by atoms with Gasteiger partial charge in [-0.1, -0.05) is 12.8 Å². The molecular formula is C13H20F3N3O2. The number of aliphatic hydroxyl groups excluding tert-OH is 1. The molecule has 1 aliphatic carbocycles. The van der Waals surface area contributed by atoms with Crippen molar-refractivity contribution in [1.82, 2.24) is 14.8 Å². The van der Waals surface area contributed by atoms with Gasteiger partial charge in [0, 0.05) is 19.6 Å². The van der Waals surface area contributed by atoms with Crippen molar-refractivity contribution in [3.8, 4) is 0 Å². The van der Waals surface area contributed by atoms with Crippen molar-refractivity contribution in [2.24, 2.45) is 5.92 Å². The lowest BCUT2D eigenvalue weighted by Gasteiger charge is -2.32. The second kappa shape index (κ2) is 6.74. The van der Waals surface area contributed by atoms with Gasteiger partial charge in [-0.05, 0) is 12.8 Å². The molecule has 2 atom stereocenters. The first-order chi connectivity index (χ1) is 9.99. The number of methoxy groups -OCH3 is 1. The molecule has 0 aliphatic heterocycles. The van der Waals surface area contributed by atoms with E-state index in [-0.39, 0.29) is 18.9 Å². The molecule has 8 heteroatoms. The lowest BCUT2D eigenvalue weighted by molar-refractivity contribution is -0.188. The van der Waals surface area contributed by atoms with E-state index in [1.807, 2.05) is 0 Å². The Morgan fingerprint density at radius 1 is 1.29 bits per heavy atom. The van der Waals surface area contributed by atoms with Gasteiger partial charge in [-0.3, -0.25) is 0 Å². The van der Waals surface area contributed by atoms with Crippen molar-refractivity contribution < 1.29 is 23.0 Å². The summed E-state index contributed by atoms with van der Waals surface area (Å²) in [6.07, 6.45) is -2.33. The second-order valence-corrected chi connectivity index (χ2v) is 5.32. The minimum absolute atomic E-state index is 0.125. The van der Waals surface area contributed by atoms with Crippen LogP contribution in [-0.4, -0.2) is 39.8 Å². The summed E-state index contributed by atoms with van der Waals surface area (Å²) in [4.78, 5) is 0. The zero-order valence-corrected chi connectivity index (χ0v) is 11.9. The van der Waals surface area contributed by atoms with Crippen LogP contribution in [0.1, 0.15) is 43.3 Å². The molecule has 0 radical (unpaired) electrons. The molecule has 1 N–H and O–H groups in total. The number of alkyl halides is 3. The molecule has 0 amide bonds. The lowest BCUT2D eigenvalue weighted by atomic mass is 9.78. The number of ether oxygens (including phenoxy) is 1. The van der Waals surface area contributed by atoms with Crippen LogP contribution in [0.5, 0.6) is 0 Å². The SMILES string of the molecule is COCCn1c(CO)nnc1C1CCCCC1C(F)(F)F. The summed E-state index contributed by atoms with van der Waals surface area (Å²) in [6, 6.07) is 0. The molecular weight excluding hydrogens is 287 g/mol. The van der Waals surface area contributed by atoms with Crippen LogP contribution >= 0.6 is 0 Å². The number of nitrogens with zero attached hydrogens (tertiary/aromatic N) is 3. The van der Waals surface area contributed by atoms with Crippen LogP contribution in [0.4, 0.5) is 13.2 Å². The molecule has 5 nitrogen and oxygen atoms in total. The van der Waals surface area contributed by atoms with Crippen molar-refractivity contribution in [2.45, 2.75) is 50.9 Å². The first-order valence-corrected chi connectivity index (χ1v) is 7.07. The Kier molecular flexibility index (Phi) is 5.21. The molecule has 0 spiro atoms. The van der Waals surface area contributed by atoms with Crippen LogP contribution in [0.2, 0.25) is 0 Å². The zero-order valence-electron chi connectivity index (χ0n) is 11.9. The summed E-state index contributed by atoms with van der Waals surface area (Å²) >= 11 is 0. The number of hydrogen-bond donors (Lipinski definition) is 1. The van der Waals surface area contributed by atoms with Gasteiger partial charge in [-0.15, -0.1) is 10.2 Å². The molecule has 2 unspecified atom stereocenters. The van der Waals surface area contributed by atoms with E-state index >= 15 is 0 Å². The number of aromatic nitrogens is 3. The van der Waals surface area contributed by atoms with E-state index in [4.69, 9.17) is 4.74 Å². The first-order valence-electron chi connectivity index (χ1n) is 7.07. The van der Waals surface area contributed by atoms with E-state index in [1.165, 1.54) is 7.11 Å². The van der Waals surface area contributed by atoms with E-state index in [2.05, 4.69) is 10.2 Å². The molecule has 0 aromatic carbocycles. The fourth-order valence-electron chi connectivity index (χ4n) is 3.00. The third-order valence-corrected chi connectivity index (χ3v) is 4.03. The second-order valence-electron chi connectivity index (χ2n) is 5.32. The number of aliphatic hydroxyl groups is 1. The fraction of sp³-hybridized carbons (Fsp3) is 0.846. The van der Waals surface area contributed by atoms with Crippen LogP contribution < -0.4 is 0 Å². The molecule has 0 bridgehead atoms. The van der Waals surface area contributed by atoms with Gasteiger partial charge >= 0.3 is 6.18 Å². The Balaban J connectivity index is 2.31. The van der Waals surface area contributed by atoms with Crippen LogP contribution in [0.25, 0.3) is 0 Å². The Morgan fingerprint density at radius 2 is 2.00 bits per heavy atom. The molecule has 2 rings (SSSR count). The van der Waals surface area contributed by atoms with Gasteiger partial charge < -0.3 is 14.4 Å². The molecule has 1 heterocycles. The van der Waals surface area contributed by atoms with Crippen molar-refractivity contribution in [2.75, 3.05) is 13.7 Å². The highest BCUT2D eigenvalue weighted by atomic mass is 19.4. The van der Waals surface area contributed by atoms with E-state index < -0.39 is 18.0 Å². The molecule has 0 saturated heterocycles. The normalized spacial score (nSPS) is 23.5. The van der Waals surface area contributed by atoms with Gasteiger partial charge in [0.05, 0.1) is 12.5 Å². The van der Waals surface area contributed by atoms with Crippen molar-refractivity contribution >= 4 is 0 Å². The van der Waals surface area contributed by atoms with E-state index in [9.17, 15) is 18.3 Å². The topological polar surface area (TPSA) is 60.2 Å². The van der Waals surface area contributed by atoms with Gasteiger partial charge in [0.25, 0.3) is 0 Å². The highest BCUT2D eigenvalue weighted by molar-refractivity contribution is 5.06. The van der Waals surface area contributed by atoms with Crippen molar-refractivity contribution in [3.05, 3.63) is 11.6 Å². The Labute approximate surface area is 121 Å². The van der Waals surface area contributed by atoms with Crippen LogP contribution in [-0.2, 0) is 17.9 Å². The minimum Gasteiger partial charge on any atom is -0.388 e. The van der Waals surface area contributed by atoms with Gasteiger partial charge in [0.2, 0.25) is 0 Å². The molecule has 1 aliphatic rings. The van der Waals surface area contributed by atoms with Crippen LogP contribution in [0.3, 0.4) is 0 Å². The molecule has 21 heavy (non-hydrogen) atoms. The summed E-state index contributed by atoms with van der Waals surface area (Å²) in [5.41, 5.74) is 0. The maximum Gasteiger partial charge on any atom is 0.392 e. The van der Waals surface area contributed by atoms with Crippen molar-refractivity contribution in [1.29, 1.82) is 0 Å². The van der Waals surface area contributed by atoms with Crippen LogP contribution in [0.15, 0.2) is 0 Å². The number of halogens is 3. The summed E-state index contributed by atoms with van der Waals surface area (Å²) in [5, 5.41) is 17.0. The largest absolute Gasteiger partial charge is 0.392 e. The fourth-order valence-corrected chi connectivity index (χ4v) is 3.00. The standard InChI is InChI=1S/C13H20F3N3O2/c1-21-7-6-19-11(8-20)17-18-12(19)9-4-2-3-5-10(9)13(14,15)16/h9-10,20H,2-8H2,1H3. The Morgan fingerprint density at radius 3 is 2.62 bits per heavy atom. The third kappa shape index (κ3) is 3.55. The summed E-state index contributed by atoms with van der Waals surface area (Å²) < 4.78 is 46.2. The predicted molar refractivity (Wildman–Crippen MR) is 68.6 cm³/mol. The maximum atomic E-state index is 13.2. The molecule has 1 saturated carbocycles. The summed E-state index contributed by atoms with van der Waals surface area (Å²) in [7, 11) is 1.52. The Hall–Kier alpha value is -1.15. The Bertz CT molecular complexity index is 462. The van der Waals surface area contributed by atoms with Gasteiger partial charge in [0.1, 0.15) is 12.4 Å². The van der Waals surface area contributed by atoms with Gasteiger partial charge in [-0.25, -0.2) is 0 Å². The van der Waals surface area contributed by atoms with E-state index in [1.54, 1.807) is 4.57 Å². The molecule has 1 fully saturated rings. The first kappa shape index (κ1) is 16.2. The molecule has 1 aromatic heterocycles. The smallest absolute Gasteiger partial charge is 0.388 e. The van der Waals surface area contributed by atoms with Gasteiger partial charge in [0.15, 0.2) is 5.82 Å². The highest BCUT2D eigenvalue weighted by Gasteiger charge is 2.47. The van der Waals surface area contributed by atoms with Crippen LogP contribution in [0, 0.1) is 5.92 Å². The monoisotopic (exact) mass is 307 g/mol. The minimum atomic E-state index is -4.23. The maximum absolute atomic E-state index is 13.2. The highest BCUT2D eigenvalue weighted by Crippen LogP contribution is 2.45. The molecule has 1 aromatic rings. The van der Waals surface area contributed by atoms with E-state index in [0.29, 0.717) is 31.8 Å². The average molecular weight is 307 g/mol. The number of hydrogen-bond acceptors (Lipinski definition) is 4. The third-order valence-electron chi connectivity index (χ3n) is 4.03. The quantitative estimate of drug-likeness (QED) is 0.906. The van der Waals surface area contributed by atoms with Crippen molar-refractivity contribution in [3.63, 3.8) is 0 Å². The van der Waals surface area contributed by atoms with Gasteiger partial charge in [-0.2, -0.15) is 13.2 Å².